The van der Waals surface area contributed by atoms with Gasteiger partial charge in [0.15, 0.2) is 11.6 Å². The van der Waals surface area contributed by atoms with Crippen LogP contribution in [-0.4, -0.2) is 56.6 Å². The van der Waals surface area contributed by atoms with Crippen LogP contribution in [0.5, 0.6) is 5.75 Å². The highest BCUT2D eigenvalue weighted by Crippen LogP contribution is 2.37. The molecule has 12 heteroatoms. The molecule has 1 amide bonds. The first-order chi connectivity index (χ1) is 16.1. The van der Waals surface area contributed by atoms with Crippen LogP contribution in [0.4, 0.5) is 22.0 Å². The maximum absolute atomic E-state index is 15.6. The van der Waals surface area contributed by atoms with E-state index in [1.54, 1.807) is 0 Å². The number of hydrogen-bond donors (Lipinski definition) is 1. The molecule has 6 nitrogen and oxygen atoms in total. The van der Waals surface area contributed by atoms with Gasteiger partial charge in [-0.3, -0.25) is 4.79 Å². The molecule has 2 aromatic rings. The minimum Gasteiger partial charge on any atom is -0.489 e. The van der Waals surface area contributed by atoms with Crippen molar-refractivity contribution < 1.29 is 39.9 Å². The Kier molecular flexibility index (Phi) is 6.81. The average Bonchev–Trinajstić information content (AvgIpc) is 2.78. The first-order valence-corrected chi connectivity index (χ1v) is 12.2. The van der Waals surface area contributed by atoms with Crippen LogP contribution in [0.3, 0.4) is 0 Å². The molecule has 2 aliphatic rings. The molecule has 2 aliphatic heterocycles. The number of ether oxygens (including phenoxy) is 1. The van der Waals surface area contributed by atoms with Crippen molar-refractivity contribution in [2.45, 2.75) is 37.5 Å². The molecule has 1 saturated heterocycles. The van der Waals surface area contributed by atoms with Gasteiger partial charge in [0.25, 0.3) is 0 Å². The van der Waals surface area contributed by atoms with Crippen LogP contribution < -0.4 is 9.46 Å². The highest BCUT2D eigenvalue weighted by molar-refractivity contribution is 7.89. The maximum atomic E-state index is 15.6. The average molecular weight is 504 g/mol. The lowest BCUT2D eigenvalue weighted by Crippen LogP contribution is -2.62. The number of carbonyl (C=O) groups excluding carboxylic acids is 1. The van der Waals surface area contributed by atoms with E-state index in [-0.39, 0.29) is 49.1 Å². The number of halogens is 5. The molecule has 2 heterocycles. The van der Waals surface area contributed by atoms with Crippen LogP contribution in [0.2, 0.25) is 0 Å². The molecular formula is C22H21F5N2O4S. The molecule has 1 N–H and O–H groups in total. The summed E-state index contributed by atoms with van der Waals surface area (Å²) in [5.41, 5.74) is -0.434. The van der Waals surface area contributed by atoms with Gasteiger partial charge in [0.2, 0.25) is 21.9 Å². The topological polar surface area (TPSA) is 75.7 Å². The molecule has 1 fully saturated rings. The molecule has 4 rings (SSSR count). The zero-order valence-electron chi connectivity index (χ0n) is 17.7. The first kappa shape index (κ1) is 24.4. The van der Waals surface area contributed by atoms with E-state index in [2.05, 4.69) is 0 Å². The third-order valence-corrected chi connectivity index (χ3v) is 6.92. The van der Waals surface area contributed by atoms with E-state index < -0.39 is 63.4 Å². The summed E-state index contributed by atoms with van der Waals surface area (Å²) in [4.78, 5) is 14.1. The summed E-state index contributed by atoms with van der Waals surface area (Å²) in [7, 11) is -4.50. The lowest BCUT2D eigenvalue weighted by atomic mass is 9.88. The molecule has 0 aromatic heterocycles. The fourth-order valence-electron chi connectivity index (χ4n) is 4.44. The predicted octanol–water partition coefficient (Wildman–Crippen LogP) is 3.25. The number of piperidine rings is 1. The van der Waals surface area contributed by atoms with Gasteiger partial charge in [-0.25, -0.2) is 35.1 Å². The van der Waals surface area contributed by atoms with Crippen LogP contribution in [-0.2, 0) is 21.2 Å². The van der Waals surface area contributed by atoms with Gasteiger partial charge < -0.3 is 9.64 Å². The van der Waals surface area contributed by atoms with Gasteiger partial charge in [0.05, 0.1) is 25.1 Å². The van der Waals surface area contributed by atoms with Crippen molar-refractivity contribution in [1.29, 1.82) is 0 Å². The number of alkyl halides is 2. The number of carbonyl (C=O) groups is 1. The number of amides is 1. The molecule has 0 spiro atoms. The third-order valence-electron chi connectivity index (χ3n) is 6.00. The Labute approximate surface area is 192 Å². The number of fused-ring (bicyclic) bond motifs is 5. The normalized spacial score (nSPS) is 23.3. The largest absolute Gasteiger partial charge is 0.489 e. The zero-order valence-corrected chi connectivity index (χ0v) is 18.6. The molecule has 0 radical (unpaired) electrons. The van der Waals surface area contributed by atoms with Crippen molar-refractivity contribution >= 4 is 15.9 Å². The standard InChI is InChI=1S/C22H21F5N2O4S/c23-11-34(31,32)28-21-16(25)4-6-29-18(21)8-12-2-1-3-14(20(12)27)15-9-13(24)10-17(26)22(15)33-7-5-19(29)30/h1-3,9-10,16,18,21,28H,4-8,11H2/t16-,18-,21-/m0/s1. The molecule has 2 aromatic carbocycles. The Bertz CT molecular complexity index is 1210. The number of nitrogens with zero attached hydrogens (tertiary/aromatic N) is 1. The third kappa shape index (κ3) is 4.74. The molecule has 34 heavy (non-hydrogen) atoms. The van der Waals surface area contributed by atoms with Crippen LogP contribution in [0.1, 0.15) is 18.4 Å². The Balaban J connectivity index is 1.85. The fourth-order valence-corrected chi connectivity index (χ4v) is 5.23. The Hall–Kier alpha value is -2.73. The van der Waals surface area contributed by atoms with Crippen molar-refractivity contribution in [1.82, 2.24) is 9.62 Å². The van der Waals surface area contributed by atoms with Gasteiger partial charge in [-0.1, -0.05) is 18.2 Å². The van der Waals surface area contributed by atoms with Gasteiger partial charge >= 0.3 is 0 Å². The van der Waals surface area contributed by atoms with E-state index in [0.717, 1.165) is 6.07 Å². The van der Waals surface area contributed by atoms with E-state index >= 15 is 4.39 Å². The van der Waals surface area contributed by atoms with Gasteiger partial charge in [0, 0.05) is 23.7 Å². The van der Waals surface area contributed by atoms with Crippen molar-refractivity contribution in [2.24, 2.45) is 0 Å². The van der Waals surface area contributed by atoms with E-state index in [4.69, 9.17) is 4.74 Å². The van der Waals surface area contributed by atoms with Gasteiger partial charge in [-0.15, -0.1) is 0 Å². The number of sulfonamides is 1. The van der Waals surface area contributed by atoms with Crippen LogP contribution in [0.15, 0.2) is 30.3 Å². The highest BCUT2D eigenvalue weighted by atomic mass is 32.2. The molecule has 2 bridgehead atoms. The van der Waals surface area contributed by atoms with Crippen LogP contribution in [0, 0.1) is 17.5 Å². The van der Waals surface area contributed by atoms with E-state index in [0.29, 0.717) is 6.07 Å². The number of nitrogens with one attached hydrogen (secondary N) is 1. The van der Waals surface area contributed by atoms with Crippen molar-refractivity contribution in [3.05, 3.63) is 53.3 Å². The zero-order chi connectivity index (χ0) is 24.6. The quantitative estimate of drug-likeness (QED) is 0.652. The Morgan fingerprint density at radius 2 is 1.91 bits per heavy atom. The van der Waals surface area contributed by atoms with Gasteiger partial charge in [-0.05, 0) is 24.5 Å². The number of hydrogen-bond acceptors (Lipinski definition) is 4. The van der Waals surface area contributed by atoms with Gasteiger partial charge in [-0.2, -0.15) is 0 Å². The minimum atomic E-state index is -4.50. The van der Waals surface area contributed by atoms with Crippen molar-refractivity contribution in [3.8, 4) is 16.9 Å². The molecule has 3 atom stereocenters. The fraction of sp³-hybridized carbons (Fsp3) is 0.409. The molecule has 0 saturated carbocycles. The molecule has 184 valence electrons. The maximum Gasteiger partial charge on any atom is 0.241 e. The second-order valence-electron chi connectivity index (χ2n) is 8.17. The molecule has 0 unspecified atom stereocenters. The lowest BCUT2D eigenvalue weighted by Gasteiger charge is -2.43. The van der Waals surface area contributed by atoms with Crippen LogP contribution in [0.25, 0.3) is 11.1 Å². The van der Waals surface area contributed by atoms with E-state index in [1.165, 1.54) is 23.1 Å². The van der Waals surface area contributed by atoms with Crippen molar-refractivity contribution in [3.63, 3.8) is 0 Å². The minimum absolute atomic E-state index is 0.0463. The number of benzene rings is 2. The summed E-state index contributed by atoms with van der Waals surface area (Å²) in [6.45, 7) is -0.436. The highest BCUT2D eigenvalue weighted by Gasteiger charge is 2.43. The van der Waals surface area contributed by atoms with E-state index in [9.17, 15) is 30.8 Å². The molecule has 0 aliphatic carbocycles. The summed E-state index contributed by atoms with van der Waals surface area (Å²) in [6.07, 6.45) is -2.58. The second-order valence-corrected chi connectivity index (χ2v) is 9.86. The predicted molar refractivity (Wildman–Crippen MR) is 112 cm³/mol. The Morgan fingerprint density at radius 1 is 1.15 bits per heavy atom. The second kappa shape index (κ2) is 9.49. The SMILES string of the molecule is O=C1CCOc2c(F)cc(F)cc2-c2cccc(c2F)C[C@H]2[C@@H](NS(=O)(=O)CF)[C@@H](F)CCN12. The lowest BCUT2D eigenvalue weighted by molar-refractivity contribution is -0.137. The molecular weight excluding hydrogens is 483 g/mol. The smallest absolute Gasteiger partial charge is 0.241 e. The van der Waals surface area contributed by atoms with Gasteiger partial charge in [0.1, 0.15) is 17.8 Å². The van der Waals surface area contributed by atoms with E-state index in [1.807, 2.05) is 4.72 Å². The van der Waals surface area contributed by atoms with Crippen LogP contribution >= 0.6 is 0 Å². The first-order valence-electron chi connectivity index (χ1n) is 10.5. The summed E-state index contributed by atoms with van der Waals surface area (Å²) < 4.78 is 103. The summed E-state index contributed by atoms with van der Waals surface area (Å²) >= 11 is 0. The summed E-state index contributed by atoms with van der Waals surface area (Å²) in [5.74, 6) is -3.91. The van der Waals surface area contributed by atoms with Crippen molar-refractivity contribution in [2.75, 3.05) is 19.2 Å². The monoisotopic (exact) mass is 504 g/mol. The summed E-state index contributed by atoms with van der Waals surface area (Å²) in [6, 6.07) is 1.03. The summed E-state index contributed by atoms with van der Waals surface area (Å²) in [5, 5.41) is 0. The Morgan fingerprint density at radius 3 is 2.65 bits per heavy atom. The number of rotatable bonds is 3.